The average Bonchev–Trinajstić information content (AvgIpc) is 2.62. The second kappa shape index (κ2) is 3.44. The minimum atomic E-state index is -3.43. The Hall–Kier alpha value is -0.170. The summed E-state index contributed by atoms with van der Waals surface area (Å²) in [5.41, 5.74) is 0. The van der Waals surface area contributed by atoms with Crippen LogP contribution in [0.5, 0.6) is 0 Å². The molecule has 2 rings (SSSR count). The molecule has 1 saturated carbocycles. The Kier molecular flexibility index (Phi) is 2.55. The molecule has 0 aromatic carbocycles. The quantitative estimate of drug-likeness (QED) is 0.627. The molecule has 2 aliphatic rings. The van der Waals surface area contributed by atoms with Crippen molar-refractivity contribution >= 4 is 10.1 Å². The van der Waals surface area contributed by atoms with Gasteiger partial charge in [-0.1, -0.05) is 0 Å². The lowest BCUT2D eigenvalue weighted by atomic mass is 10.2. The van der Waals surface area contributed by atoms with E-state index in [1.165, 1.54) is 0 Å². The Morgan fingerprint density at radius 1 is 1.36 bits per heavy atom. The van der Waals surface area contributed by atoms with Crippen molar-refractivity contribution in [3.8, 4) is 0 Å². The molecule has 1 aliphatic heterocycles. The zero-order valence-corrected chi connectivity index (χ0v) is 8.88. The fourth-order valence-corrected chi connectivity index (χ4v) is 2.71. The van der Waals surface area contributed by atoms with Crippen LogP contribution in [0.4, 0.5) is 0 Å². The first kappa shape index (κ1) is 10.4. The van der Waals surface area contributed by atoms with Crippen LogP contribution in [0.1, 0.15) is 19.3 Å². The van der Waals surface area contributed by atoms with Gasteiger partial charge in [-0.2, -0.15) is 8.42 Å². The number of hydrogen-bond donors (Lipinski definition) is 0. The minimum absolute atomic E-state index is 0.472. The summed E-state index contributed by atoms with van der Waals surface area (Å²) >= 11 is 0. The van der Waals surface area contributed by atoms with Crippen LogP contribution in [0.15, 0.2) is 0 Å². The van der Waals surface area contributed by atoms with Crippen molar-refractivity contribution in [3.05, 3.63) is 0 Å². The predicted octanol–water partition coefficient (Wildman–Crippen LogP) is 0.258. The summed E-state index contributed by atoms with van der Waals surface area (Å²) in [6.45, 7) is 1.03. The lowest BCUT2D eigenvalue weighted by molar-refractivity contribution is -0.196. The summed E-state index contributed by atoms with van der Waals surface area (Å²) < 4.78 is 37.8. The van der Waals surface area contributed by atoms with Crippen molar-refractivity contribution in [2.75, 3.05) is 19.5 Å². The largest absolute Gasteiger partial charge is 0.345 e. The molecule has 14 heavy (non-hydrogen) atoms. The van der Waals surface area contributed by atoms with Gasteiger partial charge >= 0.3 is 0 Å². The van der Waals surface area contributed by atoms with Gasteiger partial charge in [-0.25, -0.2) is 0 Å². The molecule has 1 spiro atoms. The maximum atomic E-state index is 11.0. The average molecular weight is 222 g/mol. The van der Waals surface area contributed by atoms with Crippen LogP contribution in [0.25, 0.3) is 0 Å². The van der Waals surface area contributed by atoms with Crippen LogP contribution in [-0.2, 0) is 23.8 Å². The van der Waals surface area contributed by atoms with Crippen molar-refractivity contribution < 1.29 is 22.1 Å². The summed E-state index contributed by atoms with van der Waals surface area (Å²) in [7, 11) is -3.43. The number of ether oxygens (including phenoxy) is 2. The highest BCUT2D eigenvalue weighted by atomic mass is 32.2. The Labute approximate surface area is 83.5 Å². The molecular weight excluding hydrogens is 208 g/mol. The normalized spacial score (nSPS) is 31.4. The topological polar surface area (TPSA) is 61.8 Å². The molecule has 1 aliphatic carbocycles. The summed E-state index contributed by atoms with van der Waals surface area (Å²) in [5, 5.41) is 0. The molecule has 1 unspecified atom stereocenters. The van der Waals surface area contributed by atoms with Crippen molar-refractivity contribution in [2.24, 2.45) is 0 Å². The van der Waals surface area contributed by atoms with Crippen LogP contribution in [0, 0.1) is 0 Å². The van der Waals surface area contributed by atoms with E-state index in [0.29, 0.717) is 26.1 Å². The van der Waals surface area contributed by atoms with E-state index < -0.39 is 22.0 Å². The van der Waals surface area contributed by atoms with E-state index in [-0.39, 0.29) is 0 Å². The fourth-order valence-electron chi connectivity index (χ4n) is 2.05. The molecule has 6 heteroatoms. The number of rotatable bonds is 2. The van der Waals surface area contributed by atoms with Gasteiger partial charge in [0, 0.05) is 6.42 Å². The summed E-state index contributed by atoms with van der Waals surface area (Å²) in [5.74, 6) is -0.789. The van der Waals surface area contributed by atoms with Crippen molar-refractivity contribution in [1.82, 2.24) is 0 Å². The zero-order chi connectivity index (χ0) is 10.2. The highest BCUT2D eigenvalue weighted by Gasteiger charge is 2.50. The molecule has 5 nitrogen and oxygen atoms in total. The Balaban J connectivity index is 2.11. The third kappa shape index (κ3) is 1.93. The molecular formula is C8H14O5S. The SMILES string of the molecule is CS(=O)(=O)OC1CCCC12OCCO2. The van der Waals surface area contributed by atoms with Gasteiger partial charge in [-0.15, -0.1) is 0 Å². The minimum Gasteiger partial charge on any atom is -0.345 e. The van der Waals surface area contributed by atoms with Gasteiger partial charge in [0.25, 0.3) is 10.1 Å². The van der Waals surface area contributed by atoms with Gasteiger partial charge in [0.15, 0.2) is 5.79 Å². The maximum Gasteiger partial charge on any atom is 0.264 e. The van der Waals surface area contributed by atoms with E-state index in [0.717, 1.165) is 12.7 Å². The smallest absolute Gasteiger partial charge is 0.264 e. The standard InChI is InChI=1S/C8H14O5S/c1-14(9,10)13-7-3-2-4-8(7)11-5-6-12-8/h7H,2-6H2,1H3. The maximum absolute atomic E-state index is 11.0. The van der Waals surface area contributed by atoms with Crippen LogP contribution in [-0.4, -0.2) is 39.8 Å². The zero-order valence-electron chi connectivity index (χ0n) is 8.06. The second-order valence-electron chi connectivity index (χ2n) is 3.69. The molecule has 0 aromatic heterocycles. The van der Waals surface area contributed by atoms with Crippen molar-refractivity contribution in [1.29, 1.82) is 0 Å². The molecule has 0 N–H and O–H groups in total. The van der Waals surface area contributed by atoms with Crippen LogP contribution >= 0.6 is 0 Å². The fraction of sp³-hybridized carbons (Fsp3) is 1.00. The monoisotopic (exact) mass is 222 g/mol. The first-order valence-corrected chi connectivity index (χ1v) is 6.50. The van der Waals surface area contributed by atoms with E-state index >= 15 is 0 Å². The highest BCUT2D eigenvalue weighted by Crippen LogP contribution is 2.39. The Bertz CT molecular complexity index is 298. The molecule has 0 amide bonds. The molecule has 2 fully saturated rings. The number of hydrogen-bond acceptors (Lipinski definition) is 5. The van der Waals surface area contributed by atoms with Gasteiger partial charge in [0.05, 0.1) is 19.5 Å². The van der Waals surface area contributed by atoms with Crippen LogP contribution < -0.4 is 0 Å². The lowest BCUT2D eigenvalue weighted by Gasteiger charge is -2.27. The third-order valence-electron chi connectivity index (χ3n) is 2.55. The van der Waals surface area contributed by atoms with E-state index in [2.05, 4.69) is 0 Å². The van der Waals surface area contributed by atoms with Gasteiger partial charge in [-0.3, -0.25) is 4.18 Å². The first-order valence-electron chi connectivity index (χ1n) is 4.68. The van der Waals surface area contributed by atoms with Crippen LogP contribution in [0.3, 0.4) is 0 Å². The second-order valence-corrected chi connectivity index (χ2v) is 5.29. The van der Waals surface area contributed by atoms with Gasteiger partial charge in [0.1, 0.15) is 6.10 Å². The van der Waals surface area contributed by atoms with E-state index in [4.69, 9.17) is 13.7 Å². The van der Waals surface area contributed by atoms with E-state index in [1.54, 1.807) is 0 Å². The van der Waals surface area contributed by atoms with Crippen molar-refractivity contribution in [2.45, 2.75) is 31.2 Å². The first-order chi connectivity index (χ1) is 6.52. The van der Waals surface area contributed by atoms with Crippen LogP contribution in [0.2, 0.25) is 0 Å². The predicted molar refractivity (Wildman–Crippen MR) is 48.2 cm³/mol. The van der Waals surface area contributed by atoms with Gasteiger partial charge in [-0.05, 0) is 12.8 Å². The molecule has 82 valence electrons. The van der Waals surface area contributed by atoms with Gasteiger partial charge < -0.3 is 9.47 Å². The van der Waals surface area contributed by atoms with E-state index in [1.807, 2.05) is 0 Å². The van der Waals surface area contributed by atoms with Crippen molar-refractivity contribution in [3.63, 3.8) is 0 Å². The molecule has 1 saturated heterocycles. The van der Waals surface area contributed by atoms with Gasteiger partial charge in [0.2, 0.25) is 0 Å². The Morgan fingerprint density at radius 3 is 2.57 bits per heavy atom. The third-order valence-corrected chi connectivity index (χ3v) is 3.13. The molecule has 1 atom stereocenters. The van der Waals surface area contributed by atoms with E-state index in [9.17, 15) is 8.42 Å². The Morgan fingerprint density at radius 2 is 2.00 bits per heavy atom. The summed E-state index contributed by atoms with van der Waals surface area (Å²) in [6, 6.07) is 0. The summed E-state index contributed by atoms with van der Waals surface area (Å²) in [6.07, 6.45) is 2.84. The highest BCUT2D eigenvalue weighted by molar-refractivity contribution is 7.86. The molecule has 1 heterocycles. The molecule has 0 radical (unpaired) electrons. The molecule has 0 aromatic rings. The lowest BCUT2D eigenvalue weighted by Crippen LogP contribution is -2.41. The molecule has 0 bridgehead atoms. The summed E-state index contributed by atoms with van der Waals surface area (Å²) in [4.78, 5) is 0.